The fourth-order valence-corrected chi connectivity index (χ4v) is 2.50. The number of ketones is 2. The molecule has 0 saturated heterocycles. The van der Waals surface area contributed by atoms with Gasteiger partial charge in [0.15, 0.2) is 11.6 Å². The van der Waals surface area contributed by atoms with Crippen molar-refractivity contribution in [1.29, 1.82) is 0 Å². The molecule has 0 aliphatic carbocycles. The maximum Gasteiger partial charge on any atom is 0.303 e. The van der Waals surface area contributed by atoms with E-state index >= 15 is 0 Å². The van der Waals surface area contributed by atoms with Crippen molar-refractivity contribution in [3.63, 3.8) is 0 Å². The second-order valence-electron chi connectivity index (χ2n) is 5.97. The molecule has 0 aliphatic rings. The molecule has 1 aromatic heterocycles. The molecule has 1 unspecified atom stereocenters. The monoisotopic (exact) mass is 399 g/mol. The quantitative estimate of drug-likeness (QED) is 0.453. The fourth-order valence-electron chi connectivity index (χ4n) is 2.14. The SMILES string of the molecule is CC(C)COCC(=O)C(CCCC(=O)O)C(=O)c1cncc(Br)c1. The van der Waals surface area contributed by atoms with E-state index in [-0.39, 0.29) is 43.4 Å². The average Bonchev–Trinajstić information content (AvgIpc) is 2.50. The third kappa shape index (κ3) is 7.31. The summed E-state index contributed by atoms with van der Waals surface area (Å²) in [7, 11) is 0. The third-order valence-corrected chi connectivity index (χ3v) is 3.71. The van der Waals surface area contributed by atoms with E-state index in [2.05, 4.69) is 20.9 Å². The van der Waals surface area contributed by atoms with Gasteiger partial charge in [-0.2, -0.15) is 0 Å². The van der Waals surface area contributed by atoms with Gasteiger partial charge in [0.05, 0.1) is 5.92 Å². The Balaban J connectivity index is 2.81. The van der Waals surface area contributed by atoms with Crippen LogP contribution in [0.5, 0.6) is 0 Å². The molecule has 1 aromatic rings. The van der Waals surface area contributed by atoms with E-state index in [4.69, 9.17) is 9.84 Å². The van der Waals surface area contributed by atoms with Gasteiger partial charge in [-0.05, 0) is 40.8 Å². The molecule has 1 atom stereocenters. The standard InChI is InChI=1S/C17H22BrNO5/c1-11(2)9-24-10-15(20)14(4-3-5-16(21)22)17(23)12-6-13(18)8-19-7-12/h6-8,11,14H,3-5,9-10H2,1-2H3,(H,21,22). The summed E-state index contributed by atoms with van der Waals surface area (Å²) in [5.41, 5.74) is 0.321. The van der Waals surface area contributed by atoms with Gasteiger partial charge in [0.25, 0.3) is 0 Å². The number of aliphatic carboxylic acids is 1. The molecular formula is C17H22BrNO5. The molecule has 0 aliphatic heterocycles. The van der Waals surface area contributed by atoms with Crippen LogP contribution in [0.2, 0.25) is 0 Å². The Bertz CT molecular complexity index is 588. The van der Waals surface area contributed by atoms with Gasteiger partial charge in [0, 0.05) is 35.5 Å². The smallest absolute Gasteiger partial charge is 0.303 e. The van der Waals surface area contributed by atoms with E-state index in [1.54, 1.807) is 12.3 Å². The molecule has 0 spiro atoms. The van der Waals surface area contributed by atoms with Crippen molar-refractivity contribution in [2.75, 3.05) is 13.2 Å². The first-order valence-electron chi connectivity index (χ1n) is 7.78. The molecule has 7 heteroatoms. The number of halogens is 1. The zero-order chi connectivity index (χ0) is 18.1. The lowest BCUT2D eigenvalue weighted by molar-refractivity contribution is -0.137. The highest BCUT2D eigenvalue weighted by molar-refractivity contribution is 9.10. The number of Topliss-reactive ketones (excluding diaryl/α,β-unsaturated/α-hetero) is 2. The van der Waals surface area contributed by atoms with Crippen LogP contribution in [-0.2, 0) is 14.3 Å². The normalized spacial score (nSPS) is 12.2. The molecule has 132 valence electrons. The first-order valence-corrected chi connectivity index (χ1v) is 8.57. The molecule has 0 bridgehead atoms. The summed E-state index contributed by atoms with van der Waals surface area (Å²) in [6.45, 7) is 4.21. The number of carboxylic acid groups (broad SMARTS) is 1. The Kier molecular flexibility index (Phi) is 8.78. The third-order valence-electron chi connectivity index (χ3n) is 3.27. The van der Waals surface area contributed by atoms with Crippen molar-refractivity contribution >= 4 is 33.5 Å². The van der Waals surface area contributed by atoms with E-state index < -0.39 is 11.9 Å². The van der Waals surface area contributed by atoms with E-state index in [1.165, 1.54) is 6.20 Å². The summed E-state index contributed by atoms with van der Waals surface area (Å²) < 4.78 is 5.97. The van der Waals surface area contributed by atoms with Crippen LogP contribution < -0.4 is 0 Å². The summed E-state index contributed by atoms with van der Waals surface area (Å²) in [5, 5.41) is 8.75. The van der Waals surface area contributed by atoms with Crippen LogP contribution in [0.1, 0.15) is 43.5 Å². The van der Waals surface area contributed by atoms with E-state index in [0.717, 1.165) is 0 Å². The second kappa shape index (κ2) is 10.3. The van der Waals surface area contributed by atoms with Crippen LogP contribution in [0.25, 0.3) is 0 Å². The van der Waals surface area contributed by atoms with Crippen molar-refractivity contribution in [2.45, 2.75) is 33.1 Å². The summed E-state index contributed by atoms with van der Waals surface area (Å²) in [4.78, 5) is 39.6. The Hall–Kier alpha value is -1.60. The van der Waals surface area contributed by atoms with Crippen molar-refractivity contribution < 1.29 is 24.2 Å². The lowest BCUT2D eigenvalue weighted by atomic mass is 9.90. The number of hydrogen-bond acceptors (Lipinski definition) is 5. The molecule has 1 rings (SSSR count). The van der Waals surface area contributed by atoms with E-state index in [0.29, 0.717) is 16.6 Å². The Morgan fingerprint density at radius 2 is 2.00 bits per heavy atom. The summed E-state index contributed by atoms with van der Waals surface area (Å²) in [6, 6.07) is 1.60. The highest BCUT2D eigenvalue weighted by Crippen LogP contribution is 2.19. The van der Waals surface area contributed by atoms with Gasteiger partial charge in [-0.3, -0.25) is 19.4 Å². The number of aromatic nitrogens is 1. The molecule has 0 saturated carbocycles. The molecule has 6 nitrogen and oxygen atoms in total. The van der Waals surface area contributed by atoms with Crippen molar-refractivity contribution in [3.05, 3.63) is 28.5 Å². The van der Waals surface area contributed by atoms with Crippen molar-refractivity contribution in [1.82, 2.24) is 4.98 Å². The summed E-state index contributed by atoms with van der Waals surface area (Å²) >= 11 is 3.24. The first kappa shape index (κ1) is 20.4. The minimum absolute atomic E-state index is 0.0827. The number of rotatable bonds is 11. The Labute approximate surface area is 149 Å². The number of carbonyl (C=O) groups excluding carboxylic acids is 2. The Morgan fingerprint density at radius 1 is 1.29 bits per heavy atom. The molecule has 1 heterocycles. The molecule has 0 fully saturated rings. The maximum absolute atomic E-state index is 12.6. The van der Waals surface area contributed by atoms with Gasteiger partial charge in [-0.15, -0.1) is 0 Å². The van der Waals surface area contributed by atoms with Crippen LogP contribution in [0.3, 0.4) is 0 Å². The second-order valence-corrected chi connectivity index (χ2v) is 6.89. The highest BCUT2D eigenvalue weighted by Gasteiger charge is 2.27. The minimum Gasteiger partial charge on any atom is -0.481 e. The predicted octanol–water partition coefficient (Wildman–Crippen LogP) is 3.14. The largest absolute Gasteiger partial charge is 0.481 e. The van der Waals surface area contributed by atoms with Gasteiger partial charge < -0.3 is 9.84 Å². The van der Waals surface area contributed by atoms with Crippen LogP contribution in [0.15, 0.2) is 22.9 Å². The van der Waals surface area contributed by atoms with Gasteiger partial charge in [-0.1, -0.05) is 13.8 Å². The zero-order valence-corrected chi connectivity index (χ0v) is 15.4. The lowest BCUT2D eigenvalue weighted by Crippen LogP contribution is -2.28. The van der Waals surface area contributed by atoms with Gasteiger partial charge >= 0.3 is 5.97 Å². The topological polar surface area (TPSA) is 93.6 Å². The molecule has 24 heavy (non-hydrogen) atoms. The molecule has 0 radical (unpaired) electrons. The van der Waals surface area contributed by atoms with Gasteiger partial charge in [0.2, 0.25) is 0 Å². The van der Waals surface area contributed by atoms with E-state index in [1.807, 2.05) is 13.8 Å². The fraction of sp³-hybridized carbons (Fsp3) is 0.529. The summed E-state index contributed by atoms with van der Waals surface area (Å²) in [6.07, 6.45) is 3.30. The number of carbonyl (C=O) groups is 3. The molecule has 0 amide bonds. The number of carboxylic acids is 1. The lowest BCUT2D eigenvalue weighted by Gasteiger charge is -2.15. The molecule has 0 aromatic carbocycles. The zero-order valence-electron chi connectivity index (χ0n) is 13.8. The highest BCUT2D eigenvalue weighted by atomic mass is 79.9. The van der Waals surface area contributed by atoms with Crippen molar-refractivity contribution in [2.24, 2.45) is 11.8 Å². The van der Waals surface area contributed by atoms with Gasteiger partial charge in [0.1, 0.15) is 6.61 Å². The Morgan fingerprint density at radius 3 is 2.58 bits per heavy atom. The number of hydrogen-bond donors (Lipinski definition) is 1. The van der Waals surface area contributed by atoms with Crippen LogP contribution in [0, 0.1) is 11.8 Å². The van der Waals surface area contributed by atoms with Crippen molar-refractivity contribution in [3.8, 4) is 0 Å². The van der Waals surface area contributed by atoms with Crippen LogP contribution in [-0.4, -0.2) is 40.8 Å². The number of nitrogens with zero attached hydrogens (tertiary/aromatic N) is 1. The average molecular weight is 400 g/mol. The maximum atomic E-state index is 12.6. The number of pyridine rings is 1. The van der Waals surface area contributed by atoms with Crippen LogP contribution in [0.4, 0.5) is 0 Å². The minimum atomic E-state index is -0.950. The molecular weight excluding hydrogens is 378 g/mol. The summed E-state index contributed by atoms with van der Waals surface area (Å²) in [5.74, 6) is -2.26. The van der Waals surface area contributed by atoms with E-state index in [9.17, 15) is 14.4 Å². The predicted molar refractivity (Wildman–Crippen MR) is 91.9 cm³/mol. The molecule has 1 N–H and O–H groups in total. The van der Waals surface area contributed by atoms with Gasteiger partial charge in [-0.25, -0.2) is 0 Å². The van der Waals surface area contributed by atoms with Crippen LogP contribution >= 0.6 is 15.9 Å². The number of ether oxygens (including phenoxy) is 1. The first-order chi connectivity index (χ1) is 11.3.